The Morgan fingerprint density at radius 1 is 1.25 bits per heavy atom. The van der Waals surface area contributed by atoms with Gasteiger partial charge in [0.2, 0.25) is 5.95 Å². The third-order valence-electron chi connectivity index (χ3n) is 1.50. The van der Waals surface area contributed by atoms with Gasteiger partial charge in [0.05, 0.1) is 0 Å². The second-order valence-corrected chi connectivity index (χ2v) is 2.60. The molecule has 0 spiro atoms. The van der Waals surface area contributed by atoms with Crippen LogP contribution in [-0.4, -0.2) is 41.9 Å². The SMILES string of the molecule is O=C(Nc1ncn[nH]1)C(=O)Nn1cnnc1. The van der Waals surface area contributed by atoms with Crippen LogP contribution in [0.3, 0.4) is 0 Å². The molecule has 2 aromatic heterocycles. The number of hydrogen-bond acceptors (Lipinski definition) is 6. The minimum Gasteiger partial charge on any atom is -0.286 e. The number of H-pyrrole nitrogens is 1. The molecule has 2 aromatic rings. The zero-order chi connectivity index (χ0) is 11.4. The Morgan fingerprint density at radius 3 is 2.62 bits per heavy atom. The average Bonchev–Trinajstić information content (AvgIpc) is 2.90. The zero-order valence-electron chi connectivity index (χ0n) is 7.78. The summed E-state index contributed by atoms with van der Waals surface area (Å²) in [5, 5.41) is 15.0. The third-order valence-corrected chi connectivity index (χ3v) is 1.50. The summed E-state index contributed by atoms with van der Waals surface area (Å²) in [7, 11) is 0. The minimum absolute atomic E-state index is 0.0870. The van der Waals surface area contributed by atoms with E-state index in [4.69, 9.17) is 0 Å². The molecule has 0 aliphatic carbocycles. The number of hydrogen-bond donors (Lipinski definition) is 3. The summed E-state index contributed by atoms with van der Waals surface area (Å²) >= 11 is 0. The van der Waals surface area contributed by atoms with Crippen LogP contribution in [0.15, 0.2) is 19.0 Å². The predicted molar refractivity (Wildman–Crippen MR) is 49.4 cm³/mol. The fourth-order valence-electron chi connectivity index (χ4n) is 0.856. The standard InChI is InChI=1S/C6H6N8O2/c15-4(11-6-7-1-8-12-6)5(16)13-14-2-9-10-3-14/h1-3H,(H,13,16)(H2,7,8,11,12,15). The molecule has 0 unspecified atom stereocenters. The monoisotopic (exact) mass is 222 g/mol. The molecule has 0 aliphatic heterocycles. The Hall–Kier alpha value is -2.78. The molecule has 16 heavy (non-hydrogen) atoms. The Kier molecular flexibility index (Phi) is 2.54. The van der Waals surface area contributed by atoms with Crippen molar-refractivity contribution in [2.24, 2.45) is 0 Å². The molecule has 10 heteroatoms. The molecule has 2 amide bonds. The fraction of sp³-hybridized carbons (Fsp3) is 0. The summed E-state index contributed by atoms with van der Waals surface area (Å²) < 4.78 is 1.14. The highest BCUT2D eigenvalue weighted by Gasteiger charge is 2.14. The molecule has 0 aromatic carbocycles. The van der Waals surface area contributed by atoms with Crippen molar-refractivity contribution < 1.29 is 9.59 Å². The predicted octanol–water partition coefficient (Wildman–Crippen LogP) is -1.89. The molecule has 2 rings (SSSR count). The van der Waals surface area contributed by atoms with Crippen LogP contribution in [0.1, 0.15) is 0 Å². The van der Waals surface area contributed by atoms with Gasteiger partial charge in [-0.25, -0.2) is 9.77 Å². The second-order valence-electron chi connectivity index (χ2n) is 2.60. The van der Waals surface area contributed by atoms with Gasteiger partial charge in [-0.3, -0.25) is 20.3 Å². The van der Waals surface area contributed by atoms with Gasteiger partial charge in [0.15, 0.2) is 0 Å². The second kappa shape index (κ2) is 4.16. The van der Waals surface area contributed by atoms with Crippen LogP contribution in [0.5, 0.6) is 0 Å². The van der Waals surface area contributed by atoms with E-state index in [0.29, 0.717) is 0 Å². The number of nitrogens with zero attached hydrogens (tertiary/aromatic N) is 5. The first-order valence-corrected chi connectivity index (χ1v) is 4.08. The lowest BCUT2D eigenvalue weighted by Crippen LogP contribution is -2.33. The van der Waals surface area contributed by atoms with E-state index in [1.807, 2.05) is 0 Å². The van der Waals surface area contributed by atoms with Crippen molar-refractivity contribution in [1.82, 2.24) is 30.1 Å². The van der Waals surface area contributed by atoms with Crippen LogP contribution in [-0.2, 0) is 9.59 Å². The Bertz CT molecular complexity index is 428. The zero-order valence-corrected chi connectivity index (χ0v) is 7.78. The van der Waals surface area contributed by atoms with Gasteiger partial charge in [-0.15, -0.1) is 10.2 Å². The first kappa shape index (κ1) is 9.76. The number of carbonyl (C=O) groups excluding carboxylic acids is 2. The van der Waals surface area contributed by atoms with Gasteiger partial charge >= 0.3 is 11.8 Å². The van der Waals surface area contributed by atoms with Crippen molar-refractivity contribution in [3.63, 3.8) is 0 Å². The first-order valence-electron chi connectivity index (χ1n) is 4.08. The summed E-state index contributed by atoms with van der Waals surface area (Å²) in [6, 6.07) is 0. The van der Waals surface area contributed by atoms with Crippen LogP contribution in [0.25, 0.3) is 0 Å². The maximum Gasteiger partial charge on any atom is 0.328 e. The highest BCUT2D eigenvalue weighted by molar-refractivity contribution is 6.42. The highest BCUT2D eigenvalue weighted by atomic mass is 16.2. The molecule has 0 aliphatic rings. The van der Waals surface area contributed by atoms with E-state index in [2.05, 4.69) is 36.1 Å². The molecule has 10 nitrogen and oxygen atoms in total. The van der Waals surface area contributed by atoms with Crippen molar-refractivity contribution in [3.8, 4) is 0 Å². The van der Waals surface area contributed by atoms with Gasteiger partial charge in [-0.05, 0) is 0 Å². The number of aromatic nitrogens is 6. The van der Waals surface area contributed by atoms with E-state index in [0.717, 1.165) is 4.68 Å². The average molecular weight is 222 g/mol. The summed E-state index contributed by atoms with van der Waals surface area (Å²) in [6.45, 7) is 0. The van der Waals surface area contributed by atoms with Crippen LogP contribution in [0.2, 0.25) is 0 Å². The molecular formula is C6H6N8O2. The van der Waals surface area contributed by atoms with E-state index in [1.54, 1.807) is 0 Å². The Morgan fingerprint density at radius 2 is 2.00 bits per heavy atom. The van der Waals surface area contributed by atoms with E-state index in [-0.39, 0.29) is 5.95 Å². The smallest absolute Gasteiger partial charge is 0.286 e. The maximum absolute atomic E-state index is 11.3. The molecule has 0 saturated heterocycles. The van der Waals surface area contributed by atoms with Gasteiger partial charge in [-0.2, -0.15) is 10.1 Å². The van der Waals surface area contributed by atoms with Gasteiger partial charge < -0.3 is 0 Å². The molecule has 0 atom stereocenters. The van der Waals surface area contributed by atoms with E-state index in [9.17, 15) is 9.59 Å². The summed E-state index contributed by atoms with van der Waals surface area (Å²) in [5.74, 6) is -1.68. The first-order chi connectivity index (χ1) is 7.75. The largest absolute Gasteiger partial charge is 0.328 e. The van der Waals surface area contributed by atoms with Crippen molar-refractivity contribution in [3.05, 3.63) is 19.0 Å². The third kappa shape index (κ3) is 2.17. The number of amides is 2. The molecule has 0 radical (unpaired) electrons. The van der Waals surface area contributed by atoms with Crippen molar-refractivity contribution in [2.75, 3.05) is 10.7 Å². The van der Waals surface area contributed by atoms with E-state index in [1.165, 1.54) is 19.0 Å². The molecule has 3 N–H and O–H groups in total. The van der Waals surface area contributed by atoms with E-state index < -0.39 is 11.8 Å². The Labute approximate surface area is 88.1 Å². The molecule has 0 bridgehead atoms. The quantitative estimate of drug-likeness (QED) is 0.509. The minimum atomic E-state index is -0.884. The van der Waals surface area contributed by atoms with Crippen LogP contribution >= 0.6 is 0 Å². The molecule has 0 fully saturated rings. The van der Waals surface area contributed by atoms with Crippen molar-refractivity contribution in [2.45, 2.75) is 0 Å². The van der Waals surface area contributed by atoms with Gasteiger partial charge in [-0.1, -0.05) is 0 Å². The number of carbonyl (C=O) groups is 2. The number of anilines is 1. The van der Waals surface area contributed by atoms with Gasteiger partial charge in [0, 0.05) is 0 Å². The van der Waals surface area contributed by atoms with Crippen LogP contribution < -0.4 is 10.7 Å². The van der Waals surface area contributed by atoms with Crippen molar-refractivity contribution in [1.29, 1.82) is 0 Å². The van der Waals surface area contributed by atoms with Crippen molar-refractivity contribution >= 4 is 17.8 Å². The number of aromatic amines is 1. The summed E-state index contributed by atoms with van der Waals surface area (Å²) in [5.41, 5.74) is 2.21. The normalized spacial score (nSPS) is 9.75. The lowest BCUT2D eigenvalue weighted by molar-refractivity contribution is -0.133. The number of rotatable bonds is 2. The highest BCUT2D eigenvalue weighted by Crippen LogP contribution is 1.91. The Balaban J connectivity index is 1.92. The lowest BCUT2D eigenvalue weighted by Gasteiger charge is -2.03. The molecule has 0 saturated carbocycles. The summed E-state index contributed by atoms with van der Waals surface area (Å²) in [4.78, 5) is 26.2. The molecule has 2 heterocycles. The number of nitrogens with one attached hydrogen (secondary N) is 3. The molecular weight excluding hydrogens is 216 g/mol. The van der Waals surface area contributed by atoms with Crippen LogP contribution in [0, 0.1) is 0 Å². The fourth-order valence-corrected chi connectivity index (χ4v) is 0.856. The summed E-state index contributed by atoms with van der Waals surface area (Å²) in [6.07, 6.45) is 3.67. The van der Waals surface area contributed by atoms with Crippen LogP contribution in [0.4, 0.5) is 5.95 Å². The lowest BCUT2D eigenvalue weighted by atomic mass is 10.6. The van der Waals surface area contributed by atoms with Gasteiger partial charge in [0.25, 0.3) is 0 Å². The van der Waals surface area contributed by atoms with Gasteiger partial charge in [0.1, 0.15) is 19.0 Å². The topological polar surface area (TPSA) is 130 Å². The maximum atomic E-state index is 11.3. The molecule has 82 valence electrons. The van der Waals surface area contributed by atoms with E-state index >= 15 is 0 Å².